The van der Waals surface area contributed by atoms with E-state index in [0.29, 0.717) is 13.0 Å². The number of fused-ring (bicyclic) bond motifs is 1. The topological polar surface area (TPSA) is 49.3 Å². The lowest BCUT2D eigenvalue weighted by Gasteiger charge is -2.23. The number of amides is 1. The normalized spacial score (nSPS) is 14.3. The van der Waals surface area contributed by atoms with Gasteiger partial charge in [0.1, 0.15) is 0 Å². The Labute approximate surface area is 115 Å². The van der Waals surface area contributed by atoms with Gasteiger partial charge in [-0.2, -0.15) is 0 Å². The number of carbonyl (C=O) groups excluding carboxylic acids is 1. The number of aliphatic hydroxyl groups is 1. The maximum Gasteiger partial charge on any atom is 0.251 e. The molecular weight excluding hydrogens is 238 g/mol. The molecule has 1 aromatic carbocycles. The Balaban J connectivity index is 1.97. The molecule has 0 aliphatic heterocycles. The van der Waals surface area contributed by atoms with Crippen LogP contribution >= 0.6 is 0 Å². The van der Waals surface area contributed by atoms with Crippen molar-refractivity contribution in [3.05, 3.63) is 34.9 Å². The largest absolute Gasteiger partial charge is 0.396 e. The van der Waals surface area contributed by atoms with Crippen LogP contribution in [0.15, 0.2) is 18.2 Å². The standard InChI is InChI=1S/C16H23NO2/c1-16(2,8-9-18)11-17-15(19)14-7-6-12-4-3-5-13(12)10-14/h6-7,10,18H,3-5,8-9,11H2,1-2H3,(H,17,19). The predicted molar refractivity (Wildman–Crippen MR) is 76.3 cm³/mol. The Morgan fingerprint density at radius 2 is 2.05 bits per heavy atom. The van der Waals surface area contributed by atoms with Crippen molar-refractivity contribution in [1.29, 1.82) is 0 Å². The molecule has 0 heterocycles. The van der Waals surface area contributed by atoms with E-state index in [0.717, 1.165) is 18.4 Å². The van der Waals surface area contributed by atoms with E-state index in [1.54, 1.807) is 0 Å². The van der Waals surface area contributed by atoms with E-state index in [2.05, 4.69) is 11.4 Å². The van der Waals surface area contributed by atoms with Gasteiger partial charge in [-0.3, -0.25) is 4.79 Å². The molecule has 0 spiro atoms. The van der Waals surface area contributed by atoms with Crippen molar-refractivity contribution in [3.63, 3.8) is 0 Å². The Kier molecular flexibility index (Phi) is 4.25. The van der Waals surface area contributed by atoms with Crippen molar-refractivity contribution in [2.75, 3.05) is 13.2 Å². The van der Waals surface area contributed by atoms with Gasteiger partial charge in [-0.05, 0) is 54.4 Å². The molecule has 2 rings (SSSR count). The van der Waals surface area contributed by atoms with Gasteiger partial charge in [0.15, 0.2) is 0 Å². The number of aryl methyl sites for hydroxylation is 2. The van der Waals surface area contributed by atoms with Crippen LogP contribution < -0.4 is 5.32 Å². The molecule has 0 unspecified atom stereocenters. The molecule has 0 atom stereocenters. The smallest absolute Gasteiger partial charge is 0.251 e. The van der Waals surface area contributed by atoms with Crippen LogP contribution in [0.25, 0.3) is 0 Å². The first-order chi connectivity index (χ1) is 9.02. The van der Waals surface area contributed by atoms with Crippen molar-refractivity contribution in [2.45, 2.75) is 39.5 Å². The minimum atomic E-state index is -0.0683. The fourth-order valence-corrected chi connectivity index (χ4v) is 2.53. The van der Waals surface area contributed by atoms with Gasteiger partial charge in [0.05, 0.1) is 0 Å². The van der Waals surface area contributed by atoms with Crippen molar-refractivity contribution in [3.8, 4) is 0 Å². The summed E-state index contributed by atoms with van der Waals surface area (Å²) in [5.41, 5.74) is 3.39. The molecule has 0 fully saturated rings. The highest BCUT2D eigenvalue weighted by Gasteiger charge is 2.19. The molecular formula is C16H23NO2. The van der Waals surface area contributed by atoms with Gasteiger partial charge in [-0.15, -0.1) is 0 Å². The lowest BCUT2D eigenvalue weighted by molar-refractivity contribution is 0.0928. The summed E-state index contributed by atoms with van der Waals surface area (Å²) in [5, 5.41) is 11.9. The van der Waals surface area contributed by atoms with Crippen molar-refractivity contribution in [1.82, 2.24) is 5.32 Å². The highest BCUT2D eigenvalue weighted by atomic mass is 16.3. The van der Waals surface area contributed by atoms with E-state index >= 15 is 0 Å². The molecule has 3 heteroatoms. The van der Waals surface area contributed by atoms with Crippen LogP contribution in [0.5, 0.6) is 0 Å². The predicted octanol–water partition coefficient (Wildman–Crippen LogP) is 2.31. The van der Waals surface area contributed by atoms with Crippen LogP contribution in [-0.4, -0.2) is 24.2 Å². The maximum atomic E-state index is 12.1. The van der Waals surface area contributed by atoms with Crippen LogP contribution in [0.4, 0.5) is 0 Å². The number of rotatable bonds is 5. The average Bonchev–Trinajstić information content (AvgIpc) is 2.83. The van der Waals surface area contributed by atoms with Crippen LogP contribution in [0.3, 0.4) is 0 Å². The van der Waals surface area contributed by atoms with Gasteiger partial charge in [0, 0.05) is 18.7 Å². The third kappa shape index (κ3) is 3.57. The van der Waals surface area contributed by atoms with Crippen LogP contribution in [0, 0.1) is 5.41 Å². The Morgan fingerprint density at radius 3 is 2.79 bits per heavy atom. The number of hydrogen-bond acceptors (Lipinski definition) is 2. The summed E-state index contributed by atoms with van der Waals surface area (Å²) in [6.45, 7) is 4.84. The summed E-state index contributed by atoms with van der Waals surface area (Å²) in [4.78, 5) is 12.1. The van der Waals surface area contributed by atoms with Crippen molar-refractivity contribution >= 4 is 5.91 Å². The molecule has 1 aromatic rings. The number of aliphatic hydroxyl groups excluding tert-OH is 1. The van der Waals surface area contributed by atoms with Crippen LogP contribution in [0.1, 0.15) is 48.2 Å². The summed E-state index contributed by atoms with van der Waals surface area (Å²) < 4.78 is 0. The Morgan fingerprint density at radius 1 is 1.32 bits per heavy atom. The van der Waals surface area contributed by atoms with Crippen LogP contribution in [-0.2, 0) is 12.8 Å². The quantitative estimate of drug-likeness (QED) is 0.854. The molecule has 0 radical (unpaired) electrons. The van der Waals surface area contributed by atoms with E-state index < -0.39 is 0 Å². The fourth-order valence-electron chi connectivity index (χ4n) is 2.53. The molecule has 0 saturated heterocycles. The highest BCUT2D eigenvalue weighted by Crippen LogP contribution is 2.23. The third-order valence-corrected chi connectivity index (χ3v) is 3.88. The fraction of sp³-hybridized carbons (Fsp3) is 0.562. The molecule has 104 valence electrons. The first-order valence-corrected chi connectivity index (χ1v) is 7.03. The molecule has 0 saturated carbocycles. The van der Waals surface area contributed by atoms with E-state index in [1.165, 1.54) is 17.5 Å². The summed E-state index contributed by atoms with van der Waals surface area (Å²) in [7, 11) is 0. The molecule has 1 aliphatic rings. The molecule has 1 aliphatic carbocycles. The van der Waals surface area contributed by atoms with E-state index in [1.807, 2.05) is 26.0 Å². The monoisotopic (exact) mass is 261 g/mol. The zero-order chi connectivity index (χ0) is 13.9. The number of carbonyl (C=O) groups is 1. The van der Waals surface area contributed by atoms with Gasteiger partial charge in [0.25, 0.3) is 5.91 Å². The zero-order valence-corrected chi connectivity index (χ0v) is 11.8. The van der Waals surface area contributed by atoms with Gasteiger partial charge in [-0.25, -0.2) is 0 Å². The Hall–Kier alpha value is -1.35. The first kappa shape index (κ1) is 14.1. The highest BCUT2D eigenvalue weighted by molar-refractivity contribution is 5.94. The lowest BCUT2D eigenvalue weighted by atomic mass is 9.89. The molecule has 2 N–H and O–H groups in total. The maximum absolute atomic E-state index is 12.1. The molecule has 0 bridgehead atoms. The average molecular weight is 261 g/mol. The van der Waals surface area contributed by atoms with E-state index in [9.17, 15) is 4.79 Å². The van der Waals surface area contributed by atoms with E-state index in [4.69, 9.17) is 5.11 Å². The third-order valence-electron chi connectivity index (χ3n) is 3.88. The zero-order valence-electron chi connectivity index (χ0n) is 11.8. The van der Waals surface area contributed by atoms with Crippen LogP contribution in [0.2, 0.25) is 0 Å². The number of benzene rings is 1. The Bertz CT molecular complexity index is 466. The minimum absolute atomic E-state index is 0.0132. The molecule has 1 amide bonds. The SMILES string of the molecule is CC(C)(CCO)CNC(=O)c1ccc2c(c1)CCC2. The molecule has 19 heavy (non-hydrogen) atoms. The first-order valence-electron chi connectivity index (χ1n) is 7.03. The summed E-state index contributed by atoms with van der Waals surface area (Å²) >= 11 is 0. The van der Waals surface area contributed by atoms with Gasteiger partial charge >= 0.3 is 0 Å². The number of hydrogen-bond donors (Lipinski definition) is 2. The van der Waals surface area contributed by atoms with Crippen molar-refractivity contribution in [2.24, 2.45) is 5.41 Å². The summed E-state index contributed by atoms with van der Waals surface area (Å²) in [6, 6.07) is 6.02. The van der Waals surface area contributed by atoms with E-state index in [-0.39, 0.29) is 17.9 Å². The van der Waals surface area contributed by atoms with Gasteiger partial charge in [0.2, 0.25) is 0 Å². The van der Waals surface area contributed by atoms with Crippen molar-refractivity contribution < 1.29 is 9.90 Å². The summed E-state index contributed by atoms with van der Waals surface area (Å²) in [6.07, 6.45) is 4.12. The summed E-state index contributed by atoms with van der Waals surface area (Å²) in [5.74, 6) is -0.0132. The lowest BCUT2D eigenvalue weighted by Crippen LogP contribution is -2.34. The van der Waals surface area contributed by atoms with Gasteiger partial charge < -0.3 is 10.4 Å². The molecule has 3 nitrogen and oxygen atoms in total. The second-order valence-electron chi connectivity index (χ2n) is 6.16. The minimum Gasteiger partial charge on any atom is -0.396 e. The second-order valence-corrected chi connectivity index (χ2v) is 6.16. The van der Waals surface area contributed by atoms with Gasteiger partial charge in [-0.1, -0.05) is 19.9 Å². The number of nitrogens with one attached hydrogen (secondary N) is 1. The second kappa shape index (κ2) is 5.74. The molecule has 0 aromatic heterocycles.